The number of tetrazole rings is 1. The maximum atomic E-state index is 13.1. The molecule has 1 heterocycles. The molecule has 0 aliphatic heterocycles. The minimum Gasteiger partial charge on any atom is -0.493 e. The SMILES string of the molecule is COc1ccc(C2(C(=O)NCCSc3nnnn3C)CCCC2)cc1OC. The second-order valence-electron chi connectivity index (χ2n) is 6.55. The van der Waals surface area contributed by atoms with E-state index in [0.29, 0.717) is 23.8 Å². The average Bonchev–Trinajstić information content (AvgIpc) is 3.34. The monoisotopic (exact) mass is 391 g/mol. The Morgan fingerprint density at radius 3 is 2.63 bits per heavy atom. The lowest BCUT2D eigenvalue weighted by molar-refractivity contribution is -0.126. The average molecular weight is 391 g/mol. The first kappa shape index (κ1) is 19.5. The molecule has 1 amide bonds. The van der Waals surface area contributed by atoms with Gasteiger partial charge in [-0.05, 0) is 41.0 Å². The highest BCUT2D eigenvalue weighted by Gasteiger charge is 2.42. The highest BCUT2D eigenvalue weighted by atomic mass is 32.2. The predicted octanol–water partition coefficient (Wildman–Crippen LogP) is 1.95. The van der Waals surface area contributed by atoms with Crippen molar-refractivity contribution < 1.29 is 14.3 Å². The van der Waals surface area contributed by atoms with Gasteiger partial charge in [0.15, 0.2) is 11.5 Å². The molecule has 0 spiro atoms. The number of hydrogen-bond donors (Lipinski definition) is 1. The number of ether oxygens (including phenoxy) is 2. The Balaban J connectivity index is 1.68. The number of methoxy groups -OCH3 is 2. The Morgan fingerprint density at radius 1 is 1.26 bits per heavy atom. The Bertz CT molecular complexity index is 789. The topological polar surface area (TPSA) is 91.2 Å². The van der Waals surface area contributed by atoms with Crippen LogP contribution in [0.4, 0.5) is 0 Å². The van der Waals surface area contributed by atoms with Crippen molar-refractivity contribution in [2.24, 2.45) is 7.05 Å². The number of hydrogen-bond acceptors (Lipinski definition) is 7. The zero-order valence-corrected chi connectivity index (χ0v) is 16.7. The summed E-state index contributed by atoms with van der Waals surface area (Å²) in [5.41, 5.74) is 0.483. The number of aryl methyl sites for hydroxylation is 1. The predicted molar refractivity (Wildman–Crippen MR) is 102 cm³/mol. The summed E-state index contributed by atoms with van der Waals surface area (Å²) in [6.45, 7) is 0.561. The molecule has 0 bridgehead atoms. The molecule has 1 aliphatic rings. The van der Waals surface area contributed by atoms with Gasteiger partial charge in [0.05, 0.1) is 19.6 Å². The van der Waals surface area contributed by atoms with Crippen LogP contribution in [0.1, 0.15) is 31.2 Å². The molecule has 1 N–H and O–H groups in total. The van der Waals surface area contributed by atoms with E-state index in [1.807, 2.05) is 18.2 Å². The van der Waals surface area contributed by atoms with Crippen LogP contribution in [0.25, 0.3) is 0 Å². The number of rotatable bonds is 8. The first-order valence-electron chi connectivity index (χ1n) is 8.96. The van der Waals surface area contributed by atoms with Gasteiger partial charge in [-0.25, -0.2) is 4.68 Å². The first-order chi connectivity index (χ1) is 13.1. The maximum absolute atomic E-state index is 13.1. The normalized spacial score (nSPS) is 15.5. The van der Waals surface area contributed by atoms with Gasteiger partial charge < -0.3 is 14.8 Å². The van der Waals surface area contributed by atoms with Gasteiger partial charge in [-0.3, -0.25) is 4.79 Å². The van der Waals surface area contributed by atoms with Crippen molar-refractivity contribution in [1.29, 1.82) is 0 Å². The Hall–Kier alpha value is -2.29. The largest absolute Gasteiger partial charge is 0.493 e. The summed E-state index contributed by atoms with van der Waals surface area (Å²) in [6, 6.07) is 5.79. The van der Waals surface area contributed by atoms with Crippen LogP contribution >= 0.6 is 11.8 Å². The summed E-state index contributed by atoms with van der Waals surface area (Å²) in [7, 11) is 5.02. The van der Waals surface area contributed by atoms with Crippen LogP contribution in [0.15, 0.2) is 23.4 Å². The second kappa shape index (κ2) is 8.60. The van der Waals surface area contributed by atoms with Crippen LogP contribution in [0.2, 0.25) is 0 Å². The van der Waals surface area contributed by atoms with E-state index in [9.17, 15) is 4.79 Å². The van der Waals surface area contributed by atoms with Crippen LogP contribution in [-0.2, 0) is 17.3 Å². The number of aromatic nitrogens is 4. The highest BCUT2D eigenvalue weighted by Crippen LogP contribution is 2.43. The number of thioether (sulfide) groups is 1. The fourth-order valence-corrected chi connectivity index (χ4v) is 4.28. The second-order valence-corrected chi connectivity index (χ2v) is 7.61. The molecule has 1 fully saturated rings. The van der Waals surface area contributed by atoms with E-state index in [4.69, 9.17) is 9.47 Å². The van der Waals surface area contributed by atoms with Crippen LogP contribution in [0, 0.1) is 0 Å². The molecule has 1 aliphatic carbocycles. The molecular weight excluding hydrogens is 366 g/mol. The van der Waals surface area contributed by atoms with E-state index in [0.717, 1.165) is 36.4 Å². The molecule has 0 unspecified atom stereocenters. The molecule has 1 aromatic carbocycles. The number of nitrogens with zero attached hydrogens (tertiary/aromatic N) is 4. The summed E-state index contributed by atoms with van der Waals surface area (Å²) in [5, 5.41) is 15.2. The van der Waals surface area contributed by atoms with E-state index in [-0.39, 0.29) is 5.91 Å². The minimum absolute atomic E-state index is 0.0731. The molecule has 2 aromatic rings. The first-order valence-corrected chi connectivity index (χ1v) is 9.95. The van der Waals surface area contributed by atoms with Gasteiger partial charge in [-0.2, -0.15) is 0 Å². The third-order valence-electron chi connectivity index (χ3n) is 5.03. The lowest BCUT2D eigenvalue weighted by Gasteiger charge is -2.29. The van der Waals surface area contributed by atoms with Crippen LogP contribution in [0.5, 0.6) is 11.5 Å². The van der Waals surface area contributed by atoms with Crippen molar-refractivity contribution in [2.45, 2.75) is 36.3 Å². The zero-order chi connectivity index (χ0) is 19.3. The van der Waals surface area contributed by atoms with Gasteiger partial charge in [-0.1, -0.05) is 30.7 Å². The van der Waals surface area contributed by atoms with Crippen molar-refractivity contribution in [3.63, 3.8) is 0 Å². The Kier molecular flexibility index (Phi) is 6.20. The van der Waals surface area contributed by atoms with Crippen molar-refractivity contribution in [2.75, 3.05) is 26.5 Å². The van der Waals surface area contributed by atoms with Crippen molar-refractivity contribution >= 4 is 17.7 Å². The number of nitrogens with one attached hydrogen (secondary N) is 1. The van der Waals surface area contributed by atoms with Crippen molar-refractivity contribution in [1.82, 2.24) is 25.5 Å². The lowest BCUT2D eigenvalue weighted by atomic mass is 9.78. The quantitative estimate of drug-likeness (QED) is 0.543. The molecule has 3 rings (SSSR count). The van der Waals surface area contributed by atoms with Crippen molar-refractivity contribution in [3.8, 4) is 11.5 Å². The lowest BCUT2D eigenvalue weighted by Crippen LogP contribution is -2.43. The number of benzene rings is 1. The number of amides is 1. The van der Waals surface area contributed by atoms with Gasteiger partial charge in [-0.15, -0.1) is 5.10 Å². The van der Waals surface area contributed by atoms with Crippen LogP contribution in [-0.4, -0.2) is 52.6 Å². The summed E-state index contributed by atoms with van der Waals surface area (Å²) in [6.07, 6.45) is 3.77. The Morgan fingerprint density at radius 2 is 2.00 bits per heavy atom. The summed E-state index contributed by atoms with van der Waals surface area (Å²) < 4.78 is 12.4. The van der Waals surface area contributed by atoms with Gasteiger partial charge >= 0.3 is 0 Å². The maximum Gasteiger partial charge on any atom is 0.230 e. The number of carbonyl (C=O) groups is 1. The third kappa shape index (κ3) is 4.02. The fourth-order valence-electron chi connectivity index (χ4n) is 3.58. The van der Waals surface area contributed by atoms with E-state index in [1.54, 1.807) is 25.9 Å². The van der Waals surface area contributed by atoms with E-state index in [1.165, 1.54) is 11.8 Å². The van der Waals surface area contributed by atoms with Gasteiger partial charge in [0, 0.05) is 19.3 Å². The van der Waals surface area contributed by atoms with E-state index < -0.39 is 5.41 Å². The van der Waals surface area contributed by atoms with Gasteiger partial charge in [0.1, 0.15) is 0 Å². The smallest absolute Gasteiger partial charge is 0.230 e. The summed E-state index contributed by atoms with van der Waals surface area (Å²) in [5.74, 6) is 2.11. The molecule has 8 nitrogen and oxygen atoms in total. The summed E-state index contributed by atoms with van der Waals surface area (Å²) >= 11 is 1.52. The molecule has 1 aromatic heterocycles. The van der Waals surface area contributed by atoms with Crippen molar-refractivity contribution in [3.05, 3.63) is 23.8 Å². The third-order valence-corrected chi connectivity index (χ3v) is 6.04. The fraction of sp³-hybridized carbons (Fsp3) is 0.556. The standard InChI is InChI=1S/C18H25N5O3S/c1-23-17(20-21-22-23)27-11-10-19-16(24)18(8-4-5-9-18)13-6-7-14(25-2)15(12-13)26-3/h6-7,12H,4-5,8-11H2,1-3H3,(H,19,24). The highest BCUT2D eigenvalue weighted by molar-refractivity contribution is 7.99. The molecule has 0 atom stereocenters. The van der Waals surface area contributed by atoms with E-state index in [2.05, 4.69) is 20.8 Å². The van der Waals surface area contributed by atoms with E-state index >= 15 is 0 Å². The molecule has 27 heavy (non-hydrogen) atoms. The number of carbonyl (C=O) groups excluding carboxylic acids is 1. The molecule has 0 radical (unpaired) electrons. The molecular formula is C18H25N5O3S. The van der Waals surface area contributed by atoms with Crippen LogP contribution in [0.3, 0.4) is 0 Å². The molecule has 9 heteroatoms. The minimum atomic E-state index is -0.503. The van der Waals surface area contributed by atoms with Crippen LogP contribution < -0.4 is 14.8 Å². The molecule has 146 valence electrons. The zero-order valence-electron chi connectivity index (χ0n) is 15.9. The summed E-state index contributed by atoms with van der Waals surface area (Å²) in [4.78, 5) is 13.1. The Labute approximate surface area is 163 Å². The molecule has 1 saturated carbocycles. The van der Waals surface area contributed by atoms with Gasteiger partial charge in [0.25, 0.3) is 0 Å². The molecule has 0 saturated heterocycles. The van der Waals surface area contributed by atoms with Gasteiger partial charge in [0.2, 0.25) is 11.1 Å².